The molecule has 0 radical (unpaired) electrons. The lowest BCUT2D eigenvalue weighted by molar-refractivity contribution is -0.132. The molecule has 2 heterocycles. The molecule has 1 aliphatic heterocycles. The Morgan fingerprint density at radius 2 is 1.78 bits per heavy atom. The van der Waals surface area contributed by atoms with Gasteiger partial charge < -0.3 is 9.80 Å². The summed E-state index contributed by atoms with van der Waals surface area (Å²) in [5, 5.41) is 4.36. The van der Waals surface area contributed by atoms with Gasteiger partial charge in [-0.25, -0.2) is 0 Å². The van der Waals surface area contributed by atoms with Crippen LogP contribution in [0.1, 0.15) is 17.0 Å². The zero-order valence-corrected chi connectivity index (χ0v) is 11.7. The molecular formula is C13H22N4O. The molecule has 0 aliphatic carbocycles. The van der Waals surface area contributed by atoms with E-state index in [0.29, 0.717) is 6.42 Å². The molecule has 1 aromatic rings. The molecule has 18 heavy (non-hydrogen) atoms. The second kappa shape index (κ2) is 5.10. The summed E-state index contributed by atoms with van der Waals surface area (Å²) in [6, 6.07) is 0. The summed E-state index contributed by atoms with van der Waals surface area (Å²) in [5.41, 5.74) is 3.15. The lowest BCUT2D eigenvalue weighted by atomic mass is 10.1. The molecule has 0 aromatic carbocycles. The van der Waals surface area contributed by atoms with Crippen molar-refractivity contribution in [3.05, 3.63) is 17.0 Å². The number of aryl methyl sites for hydroxylation is 2. The van der Waals surface area contributed by atoms with Crippen LogP contribution < -0.4 is 0 Å². The minimum atomic E-state index is 0.224. The van der Waals surface area contributed by atoms with Crippen LogP contribution in [0.3, 0.4) is 0 Å². The van der Waals surface area contributed by atoms with Crippen LogP contribution in [0.15, 0.2) is 0 Å². The molecule has 0 saturated carbocycles. The van der Waals surface area contributed by atoms with Gasteiger partial charge in [-0.1, -0.05) is 0 Å². The number of amides is 1. The van der Waals surface area contributed by atoms with Gasteiger partial charge >= 0.3 is 0 Å². The van der Waals surface area contributed by atoms with Crippen LogP contribution in [0.25, 0.3) is 0 Å². The quantitative estimate of drug-likeness (QED) is 0.761. The fourth-order valence-electron chi connectivity index (χ4n) is 2.39. The minimum Gasteiger partial charge on any atom is -0.340 e. The van der Waals surface area contributed by atoms with E-state index in [9.17, 15) is 4.79 Å². The van der Waals surface area contributed by atoms with Crippen molar-refractivity contribution in [3.63, 3.8) is 0 Å². The van der Waals surface area contributed by atoms with E-state index in [-0.39, 0.29) is 5.91 Å². The van der Waals surface area contributed by atoms with Gasteiger partial charge in [0.2, 0.25) is 5.91 Å². The van der Waals surface area contributed by atoms with Gasteiger partial charge in [-0.05, 0) is 20.9 Å². The van der Waals surface area contributed by atoms with E-state index in [1.54, 1.807) is 0 Å². The molecule has 1 fully saturated rings. The van der Waals surface area contributed by atoms with Crippen molar-refractivity contribution in [1.29, 1.82) is 0 Å². The first-order valence-electron chi connectivity index (χ1n) is 6.44. The standard InChI is InChI=1S/C13H22N4O/c1-10-12(11(2)16(4)14-10)9-13(18)17-7-5-15(3)6-8-17/h5-9H2,1-4H3. The van der Waals surface area contributed by atoms with Crippen LogP contribution in [0, 0.1) is 13.8 Å². The summed E-state index contributed by atoms with van der Waals surface area (Å²) in [4.78, 5) is 16.5. The molecule has 0 spiro atoms. The number of piperazine rings is 1. The number of carbonyl (C=O) groups excluding carboxylic acids is 1. The molecular weight excluding hydrogens is 228 g/mol. The first-order chi connectivity index (χ1) is 8.49. The lowest BCUT2D eigenvalue weighted by Gasteiger charge is -2.32. The number of rotatable bonds is 2. The number of hydrogen-bond acceptors (Lipinski definition) is 3. The maximum atomic E-state index is 12.3. The Morgan fingerprint density at radius 1 is 1.17 bits per heavy atom. The smallest absolute Gasteiger partial charge is 0.227 e. The third kappa shape index (κ3) is 2.56. The fourth-order valence-corrected chi connectivity index (χ4v) is 2.39. The molecule has 0 unspecified atom stereocenters. The van der Waals surface area contributed by atoms with Gasteiger partial charge in [-0.2, -0.15) is 5.10 Å². The summed E-state index contributed by atoms with van der Waals surface area (Å²) in [6.07, 6.45) is 0.481. The molecule has 0 N–H and O–H groups in total. The number of likely N-dealkylation sites (N-methyl/N-ethyl adjacent to an activating group) is 1. The van der Waals surface area contributed by atoms with E-state index in [1.807, 2.05) is 30.5 Å². The van der Waals surface area contributed by atoms with Crippen LogP contribution in [0.4, 0.5) is 0 Å². The van der Waals surface area contributed by atoms with Crippen molar-refractivity contribution in [1.82, 2.24) is 19.6 Å². The topological polar surface area (TPSA) is 41.4 Å². The van der Waals surface area contributed by atoms with E-state index in [2.05, 4.69) is 17.0 Å². The summed E-state index contributed by atoms with van der Waals surface area (Å²) in [5.74, 6) is 0.224. The van der Waals surface area contributed by atoms with E-state index < -0.39 is 0 Å². The highest BCUT2D eigenvalue weighted by Crippen LogP contribution is 2.14. The maximum Gasteiger partial charge on any atom is 0.227 e. The number of carbonyl (C=O) groups is 1. The van der Waals surface area contributed by atoms with Crippen LogP contribution >= 0.6 is 0 Å². The van der Waals surface area contributed by atoms with Gasteiger partial charge in [-0.3, -0.25) is 9.48 Å². The lowest BCUT2D eigenvalue weighted by Crippen LogP contribution is -2.47. The molecule has 1 saturated heterocycles. The summed E-state index contributed by atoms with van der Waals surface area (Å²) >= 11 is 0. The first-order valence-corrected chi connectivity index (χ1v) is 6.44. The second-order valence-corrected chi connectivity index (χ2v) is 5.13. The number of hydrogen-bond donors (Lipinski definition) is 0. The highest BCUT2D eigenvalue weighted by Gasteiger charge is 2.21. The SMILES string of the molecule is Cc1nn(C)c(C)c1CC(=O)N1CCN(C)CC1. The van der Waals surface area contributed by atoms with Gasteiger partial charge in [0.05, 0.1) is 12.1 Å². The summed E-state index contributed by atoms with van der Waals surface area (Å²) in [7, 11) is 4.02. The van der Waals surface area contributed by atoms with Crippen molar-refractivity contribution in [2.75, 3.05) is 33.2 Å². The Labute approximate surface area is 108 Å². The number of nitrogens with zero attached hydrogens (tertiary/aromatic N) is 4. The molecule has 0 bridgehead atoms. The predicted molar refractivity (Wildman–Crippen MR) is 70.5 cm³/mol. The Balaban J connectivity index is 2.03. The number of aromatic nitrogens is 2. The van der Waals surface area contributed by atoms with E-state index >= 15 is 0 Å². The van der Waals surface area contributed by atoms with Crippen LogP contribution in [0.5, 0.6) is 0 Å². The molecule has 1 amide bonds. The average molecular weight is 250 g/mol. The highest BCUT2D eigenvalue weighted by molar-refractivity contribution is 5.79. The molecule has 2 rings (SSSR count). The van der Waals surface area contributed by atoms with Crippen molar-refractivity contribution in [2.45, 2.75) is 20.3 Å². The Hall–Kier alpha value is -1.36. The molecule has 1 aliphatic rings. The van der Waals surface area contributed by atoms with Crippen LogP contribution in [-0.2, 0) is 18.3 Å². The minimum absolute atomic E-state index is 0.224. The molecule has 5 nitrogen and oxygen atoms in total. The van der Waals surface area contributed by atoms with Crippen LogP contribution in [0.2, 0.25) is 0 Å². The second-order valence-electron chi connectivity index (χ2n) is 5.13. The fraction of sp³-hybridized carbons (Fsp3) is 0.692. The summed E-state index contributed by atoms with van der Waals surface area (Å²) in [6.45, 7) is 7.61. The largest absolute Gasteiger partial charge is 0.340 e. The Kier molecular flexibility index (Phi) is 3.71. The zero-order chi connectivity index (χ0) is 13.3. The third-order valence-electron chi connectivity index (χ3n) is 3.84. The van der Waals surface area contributed by atoms with Crippen molar-refractivity contribution in [3.8, 4) is 0 Å². The van der Waals surface area contributed by atoms with Gasteiger partial charge in [-0.15, -0.1) is 0 Å². The van der Waals surface area contributed by atoms with Crippen molar-refractivity contribution < 1.29 is 4.79 Å². The Bertz CT molecular complexity index is 444. The molecule has 5 heteroatoms. The van der Waals surface area contributed by atoms with Gasteiger partial charge in [0.15, 0.2) is 0 Å². The van der Waals surface area contributed by atoms with E-state index in [4.69, 9.17) is 0 Å². The highest BCUT2D eigenvalue weighted by atomic mass is 16.2. The van der Waals surface area contributed by atoms with Gasteiger partial charge in [0.1, 0.15) is 0 Å². The molecule has 0 atom stereocenters. The van der Waals surface area contributed by atoms with E-state index in [0.717, 1.165) is 43.1 Å². The first kappa shape index (κ1) is 13.1. The maximum absolute atomic E-state index is 12.3. The average Bonchev–Trinajstić information content (AvgIpc) is 2.57. The van der Waals surface area contributed by atoms with Crippen molar-refractivity contribution in [2.24, 2.45) is 7.05 Å². The predicted octanol–water partition coefficient (Wildman–Crippen LogP) is 0.353. The molecule has 1 aromatic heterocycles. The van der Waals surface area contributed by atoms with Crippen molar-refractivity contribution >= 4 is 5.91 Å². The third-order valence-corrected chi connectivity index (χ3v) is 3.84. The molecule has 100 valence electrons. The van der Waals surface area contributed by atoms with Gasteiger partial charge in [0, 0.05) is 44.5 Å². The van der Waals surface area contributed by atoms with E-state index in [1.165, 1.54) is 0 Å². The normalized spacial score (nSPS) is 17.2. The van der Waals surface area contributed by atoms with Gasteiger partial charge in [0.25, 0.3) is 0 Å². The Morgan fingerprint density at radius 3 is 2.28 bits per heavy atom. The van der Waals surface area contributed by atoms with Crippen LogP contribution in [-0.4, -0.2) is 58.7 Å². The zero-order valence-electron chi connectivity index (χ0n) is 11.7. The monoisotopic (exact) mass is 250 g/mol. The summed E-state index contributed by atoms with van der Waals surface area (Å²) < 4.78 is 1.85.